The molecule has 6 atom stereocenters. The first-order chi connectivity index (χ1) is 36.6. The quantitative estimate of drug-likeness (QED) is 0.0228. The highest BCUT2D eigenvalue weighted by Gasteiger charge is 2.50. The molecule has 0 aromatic heterocycles. The normalized spacial score (nSPS) is 19.0. The predicted molar refractivity (Wildman–Crippen MR) is 303 cm³/mol. The molecule has 424 valence electrons. The Morgan fingerprint density at radius 3 is 1.32 bits per heavy atom. The van der Waals surface area contributed by atoms with Crippen LogP contribution in [0.15, 0.2) is 109 Å². The minimum Gasteiger partial charge on any atom is -0.479 e. The third kappa shape index (κ3) is 40.3. The molecular formula is C63H100O12. The van der Waals surface area contributed by atoms with Gasteiger partial charge in [-0.25, -0.2) is 4.79 Å². The van der Waals surface area contributed by atoms with Gasteiger partial charge in [0.25, 0.3) is 0 Å². The molecule has 0 bridgehead atoms. The molecule has 1 fully saturated rings. The molecule has 75 heavy (non-hydrogen) atoms. The first kappa shape index (κ1) is 68.4. The molecule has 0 amide bonds. The van der Waals surface area contributed by atoms with Gasteiger partial charge in [-0.1, -0.05) is 207 Å². The summed E-state index contributed by atoms with van der Waals surface area (Å²) in [6, 6.07) is 0. The molecule has 0 aliphatic carbocycles. The van der Waals surface area contributed by atoms with Gasteiger partial charge < -0.3 is 39.0 Å². The van der Waals surface area contributed by atoms with Crippen molar-refractivity contribution in [2.45, 2.75) is 250 Å². The highest BCUT2D eigenvalue weighted by Crippen LogP contribution is 2.26. The summed E-state index contributed by atoms with van der Waals surface area (Å²) in [5, 5.41) is 31.4. The average Bonchev–Trinajstić information content (AvgIpc) is 3.39. The molecule has 12 heteroatoms. The maximum Gasteiger partial charge on any atom is 0.335 e. The number of aliphatic hydroxyl groups is 2. The molecule has 1 aliphatic heterocycles. The maximum absolute atomic E-state index is 13.1. The molecule has 0 aromatic rings. The second kappa shape index (κ2) is 50.2. The van der Waals surface area contributed by atoms with E-state index >= 15 is 0 Å². The number of hydrogen-bond acceptors (Lipinski definition) is 11. The zero-order chi connectivity index (χ0) is 54.7. The molecule has 0 aromatic carbocycles. The van der Waals surface area contributed by atoms with Crippen molar-refractivity contribution in [3.05, 3.63) is 109 Å². The molecule has 0 saturated carbocycles. The van der Waals surface area contributed by atoms with Gasteiger partial charge in [0.05, 0.1) is 6.61 Å². The van der Waals surface area contributed by atoms with Crippen LogP contribution in [0.2, 0.25) is 0 Å². The minimum absolute atomic E-state index is 0.00161. The van der Waals surface area contributed by atoms with E-state index in [4.69, 9.17) is 23.7 Å². The van der Waals surface area contributed by atoms with Crippen molar-refractivity contribution in [2.24, 2.45) is 0 Å². The van der Waals surface area contributed by atoms with Crippen molar-refractivity contribution in [1.29, 1.82) is 0 Å². The summed E-state index contributed by atoms with van der Waals surface area (Å²) in [7, 11) is 0. The van der Waals surface area contributed by atoms with E-state index in [0.29, 0.717) is 32.1 Å². The number of esters is 3. The lowest BCUT2D eigenvalue weighted by atomic mass is 9.98. The molecule has 0 radical (unpaired) electrons. The lowest BCUT2D eigenvalue weighted by Crippen LogP contribution is -2.61. The molecule has 6 unspecified atom stereocenters. The molecule has 1 heterocycles. The van der Waals surface area contributed by atoms with Crippen LogP contribution in [0, 0.1) is 0 Å². The number of rotatable bonds is 47. The van der Waals surface area contributed by atoms with E-state index in [1.807, 2.05) is 6.08 Å². The number of unbranched alkanes of at least 4 members (excludes halogenated alkanes) is 15. The first-order valence-electron chi connectivity index (χ1n) is 28.9. The molecule has 1 rings (SSSR count). The van der Waals surface area contributed by atoms with E-state index in [1.165, 1.54) is 57.8 Å². The topological polar surface area (TPSA) is 175 Å². The van der Waals surface area contributed by atoms with Gasteiger partial charge >= 0.3 is 23.9 Å². The van der Waals surface area contributed by atoms with E-state index < -0.39 is 67.3 Å². The number of carbonyl (C=O) groups is 4. The molecule has 1 saturated heterocycles. The van der Waals surface area contributed by atoms with Crippen molar-refractivity contribution >= 4 is 23.9 Å². The van der Waals surface area contributed by atoms with Crippen LogP contribution in [-0.2, 0) is 42.9 Å². The van der Waals surface area contributed by atoms with Crippen LogP contribution in [0.3, 0.4) is 0 Å². The van der Waals surface area contributed by atoms with Gasteiger partial charge in [0.1, 0.15) is 18.8 Å². The number of hydrogen-bond donors (Lipinski definition) is 3. The number of aliphatic carboxylic acids is 1. The van der Waals surface area contributed by atoms with Gasteiger partial charge in [0.15, 0.2) is 24.6 Å². The summed E-state index contributed by atoms with van der Waals surface area (Å²) in [5.41, 5.74) is 0. The Kier molecular flexibility index (Phi) is 45.8. The lowest BCUT2D eigenvalue weighted by Gasteiger charge is -2.40. The first-order valence-corrected chi connectivity index (χ1v) is 28.9. The number of carbonyl (C=O) groups excluding carboxylic acids is 3. The van der Waals surface area contributed by atoms with E-state index in [2.05, 4.69) is 124 Å². The maximum atomic E-state index is 13.1. The highest BCUT2D eigenvalue weighted by atomic mass is 16.7. The van der Waals surface area contributed by atoms with Gasteiger partial charge in [0.2, 0.25) is 0 Å². The molecule has 12 nitrogen and oxygen atoms in total. The fraction of sp³-hybridized carbons (Fsp3) is 0.651. The van der Waals surface area contributed by atoms with Crippen LogP contribution < -0.4 is 0 Å². The number of carboxylic acid groups (broad SMARTS) is 1. The number of carboxylic acids is 1. The smallest absolute Gasteiger partial charge is 0.335 e. The Bertz CT molecular complexity index is 1720. The minimum atomic E-state index is -1.93. The molecule has 1 aliphatic rings. The average molecular weight is 1050 g/mol. The summed E-state index contributed by atoms with van der Waals surface area (Å²) >= 11 is 0. The fourth-order valence-electron chi connectivity index (χ4n) is 7.98. The largest absolute Gasteiger partial charge is 0.479 e. The van der Waals surface area contributed by atoms with Gasteiger partial charge in [-0.05, 0) is 96.3 Å². The standard InChI is InChI=1S/C63H100O12/c1-4-7-10-13-16-19-22-25-27-28-30-32-34-37-40-43-46-49-55(64)71-52-54(73-56(65)50-47-44-41-38-35-31-24-21-18-15-12-9-6-3)53-72-63-61(59(68)58(67)60(75-63)62(69)70)74-57(66)51-48-45-42-39-36-33-29-26-23-20-17-14-11-8-5-2/h7-8,10-11,16-17,19-20,25-27,29-30,32,36-37,39-40,54,58-61,63,67-68H,4-6,9,12-15,18,21-24,28,31,33-35,38,41-53H2,1-3H3,(H,69,70)/b10-7-,11-8-,19-16-,20-17-,27-25-,29-26-,32-30-,39-36-,40-37-. The Morgan fingerprint density at radius 2 is 0.853 bits per heavy atom. The lowest BCUT2D eigenvalue weighted by molar-refractivity contribution is -0.301. The van der Waals surface area contributed by atoms with Crippen LogP contribution >= 0.6 is 0 Å². The van der Waals surface area contributed by atoms with Crippen molar-refractivity contribution < 1.29 is 58.2 Å². The summed E-state index contributed by atoms with van der Waals surface area (Å²) in [6.07, 6.45) is 55.0. The third-order valence-corrected chi connectivity index (χ3v) is 12.3. The van der Waals surface area contributed by atoms with Gasteiger partial charge in [-0.2, -0.15) is 0 Å². The Labute approximate surface area is 453 Å². The fourth-order valence-corrected chi connectivity index (χ4v) is 7.98. The Morgan fingerprint density at radius 1 is 0.453 bits per heavy atom. The summed E-state index contributed by atoms with van der Waals surface area (Å²) in [4.78, 5) is 51.0. The molecule has 0 spiro atoms. The zero-order valence-electron chi connectivity index (χ0n) is 46.5. The van der Waals surface area contributed by atoms with Gasteiger partial charge in [0, 0.05) is 19.3 Å². The number of aliphatic hydroxyl groups excluding tert-OH is 2. The Balaban J connectivity index is 2.77. The van der Waals surface area contributed by atoms with E-state index in [9.17, 15) is 34.5 Å². The second-order valence-electron chi connectivity index (χ2n) is 19.2. The van der Waals surface area contributed by atoms with Crippen LogP contribution in [0.4, 0.5) is 0 Å². The summed E-state index contributed by atoms with van der Waals surface area (Å²) < 4.78 is 28.3. The zero-order valence-corrected chi connectivity index (χ0v) is 46.5. The van der Waals surface area contributed by atoms with Crippen molar-refractivity contribution in [1.82, 2.24) is 0 Å². The number of ether oxygens (including phenoxy) is 5. The van der Waals surface area contributed by atoms with E-state index in [1.54, 1.807) is 0 Å². The van der Waals surface area contributed by atoms with Crippen LogP contribution in [0.25, 0.3) is 0 Å². The van der Waals surface area contributed by atoms with Crippen molar-refractivity contribution in [2.75, 3.05) is 13.2 Å². The predicted octanol–water partition coefficient (Wildman–Crippen LogP) is 14.7. The number of allylic oxidation sites excluding steroid dienone is 18. The molecule has 3 N–H and O–H groups in total. The van der Waals surface area contributed by atoms with E-state index in [-0.39, 0.29) is 25.9 Å². The van der Waals surface area contributed by atoms with Gasteiger partial charge in [-0.15, -0.1) is 0 Å². The summed E-state index contributed by atoms with van der Waals surface area (Å²) in [6.45, 7) is 5.68. The van der Waals surface area contributed by atoms with Crippen molar-refractivity contribution in [3.8, 4) is 0 Å². The van der Waals surface area contributed by atoms with Crippen LogP contribution in [0.5, 0.6) is 0 Å². The SMILES string of the molecule is CC/C=C\C/C=C\C/C=C\C/C=C\C/C=C\CCCC(=O)OCC(COC1OC(C(=O)O)C(O)C(O)C1OC(=O)CCCC/C=C\C/C=C\C/C=C\C/C=C\CC)OC(=O)CCCCCCCCCCCCCCC. The van der Waals surface area contributed by atoms with Crippen LogP contribution in [0.1, 0.15) is 213 Å². The van der Waals surface area contributed by atoms with Crippen molar-refractivity contribution in [3.63, 3.8) is 0 Å². The third-order valence-electron chi connectivity index (χ3n) is 12.3. The Hall–Kier alpha value is -4.62. The highest BCUT2D eigenvalue weighted by molar-refractivity contribution is 5.74. The second-order valence-corrected chi connectivity index (χ2v) is 19.2. The summed E-state index contributed by atoms with van der Waals surface area (Å²) in [5.74, 6) is -3.26. The molecular weight excluding hydrogens is 949 g/mol. The van der Waals surface area contributed by atoms with Crippen LogP contribution in [-0.4, -0.2) is 89.2 Å². The van der Waals surface area contributed by atoms with Gasteiger partial charge in [-0.3, -0.25) is 14.4 Å². The monoisotopic (exact) mass is 1050 g/mol. The van der Waals surface area contributed by atoms with E-state index in [0.717, 1.165) is 83.5 Å².